The Hall–Kier alpha value is -1.65. The van der Waals surface area contributed by atoms with E-state index in [1.54, 1.807) is 0 Å². The minimum Gasteiger partial charge on any atom is -0.373 e. The molecule has 1 aromatic heterocycles. The maximum Gasteiger partial charge on any atom is 0.0896 e. The fraction of sp³-hybridized carbons (Fsp3) is 0.550. The van der Waals surface area contributed by atoms with E-state index in [2.05, 4.69) is 60.8 Å². The van der Waals surface area contributed by atoms with E-state index < -0.39 is 0 Å². The third-order valence-electron chi connectivity index (χ3n) is 4.96. The second-order valence-corrected chi connectivity index (χ2v) is 6.80. The summed E-state index contributed by atoms with van der Waals surface area (Å²) in [5, 5.41) is 8.10. The Labute approximate surface area is 145 Å². The molecule has 0 unspecified atom stereocenters. The van der Waals surface area contributed by atoms with Gasteiger partial charge >= 0.3 is 0 Å². The fourth-order valence-corrected chi connectivity index (χ4v) is 3.39. The highest BCUT2D eigenvalue weighted by Crippen LogP contribution is 2.33. The van der Waals surface area contributed by atoms with Crippen LogP contribution in [0.1, 0.15) is 43.9 Å². The first kappa shape index (κ1) is 17.2. The van der Waals surface area contributed by atoms with E-state index in [-0.39, 0.29) is 6.10 Å². The number of hydrogen-bond donors (Lipinski definition) is 1. The summed E-state index contributed by atoms with van der Waals surface area (Å²) in [6, 6.07) is 11.2. The zero-order valence-corrected chi connectivity index (χ0v) is 14.8. The molecule has 0 spiro atoms. The quantitative estimate of drug-likeness (QED) is 0.805. The van der Waals surface area contributed by atoms with E-state index >= 15 is 0 Å². The van der Waals surface area contributed by atoms with E-state index in [0.29, 0.717) is 12.0 Å². The van der Waals surface area contributed by atoms with Crippen molar-refractivity contribution in [2.45, 2.75) is 51.8 Å². The molecule has 0 saturated carbocycles. The molecule has 1 N–H and O–H groups in total. The number of ether oxygens (including phenoxy) is 1. The van der Waals surface area contributed by atoms with Gasteiger partial charge in [0.2, 0.25) is 0 Å². The van der Waals surface area contributed by atoms with Crippen LogP contribution in [0.25, 0.3) is 0 Å². The molecule has 1 saturated heterocycles. The predicted molar refractivity (Wildman–Crippen MR) is 96.9 cm³/mol. The van der Waals surface area contributed by atoms with E-state index in [9.17, 15) is 0 Å². The minimum absolute atomic E-state index is 0.194. The van der Waals surface area contributed by atoms with Gasteiger partial charge in [-0.1, -0.05) is 30.3 Å². The van der Waals surface area contributed by atoms with Crippen molar-refractivity contribution in [2.75, 3.05) is 13.2 Å². The summed E-state index contributed by atoms with van der Waals surface area (Å²) in [6.07, 6.45) is 7.70. The number of aromatic nitrogens is 2. The summed E-state index contributed by atoms with van der Waals surface area (Å²) in [5.74, 6) is 0.540. The number of nitrogens with zero attached hydrogens (tertiary/aromatic N) is 2. The molecule has 3 atom stereocenters. The first-order valence-corrected chi connectivity index (χ1v) is 9.17. The standard InChI is InChI=1S/C20H29N3O/c1-3-23-15-19(14-22-23)20-18(11-12-24-20)13-21-16(2)9-10-17-7-5-4-6-8-17/h4-8,14-16,18,20-21H,3,9-13H2,1-2H3/t16-,18+,20+/m0/s1. The van der Waals surface area contributed by atoms with Crippen molar-refractivity contribution in [3.05, 3.63) is 53.9 Å². The number of rotatable bonds is 8. The molecular formula is C20H29N3O. The maximum absolute atomic E-state index is 5.98. The van der Waals surface area contributed by atoms with Gasteiger partial charge in [0.05, 0.1) is 12.3 Å². The fourth-order valence-electron chi connectivity index (χ4n) is 3.39. The average molecular weight is 327 g/mol. The second-order valence-electron chi connectivity index (χ2n) is 6.80. The molecule has 0 amide bonds. The molecule has 3 rings (SSSR count). The molecule has 4 heteroatoms. The Morgan fingerprint density at radius 3 is 2.92 bits per heavy atom. The summed E-state index contributed by atoms with van der Waals surface area (Å²) in [6.45, 7) is 7.17. The van der Waals surface area contributed by atoms with Crippen LogP contribution in [0.2, 0.25) is 0 Å². The normalized spacial score (nSPS) is 21.9. The minimum atomic E-state index is 0.194. The molecule has 1 fully saturated rings. The van der Waals surface area contributed by atoms with Crippen LogP contribution in [0.4, 0.5) is 0 Å². The van der Waals surface area contributed by atoms with Gasteiger partial charge in [-0.2, -0.15) is 5.10 Å². The van der Waals surface area contributed by atoms with Crippen molar-refractivity contribution in [1.82, 2.24) is 15.1 Å². The summed E-state index contributed by atoms with van der Waals surface area (Å²) < 4.78 is 7.95. The van der Waals surface area contributed by atoms with Gasteiger partial charge in [0.1, 0.15) is 0 Å². The smallest absolute Gasteiger partial charge is 0.0896 e. The van der Waals surface area contributed by atoms with Crippen LogP contribution < -0.4 is 5.32 Å². The molecule has 0 bridgehead atoms. The summed E-state index contributed by atoms with van der Waals surface area (Å²) >= 11 is 0. The van der Waals surface area contributed by atoms with Gasteiger partial charge < -0.3 is 10.1 Å². The molecule has 4 nitrogen and oxygen atoms in total. The van der Waals surface area contributed by atoms with Crippen LogP contribution in [0, 0.1) is 5.92 Å². The number of aryl methyl sites for hydroxylation is 2. The molecule has 1 aliphatic heterocycles. The lowest BCUT2D eigenvalue weighted by Gasteiger charge is -2.21. The molecule has 0 aliphatic carbocycles. The van der Waals surface area contributed by atoms with Crippen LogP contribution >= 0.6 is 0 Å². The molecule has 0 radical (unpaired) electrons. The van der Waals surface area contributed by atoms with E-state index in [1.165, 1.54) is 11.1 Å². The molecule has 2 aromatic rings. The van der Waals surface area contributed by atoms with Gasteiger partial charge in [-0.25, -0.2) is 0 Å². The third kappa shape index (κ3) is 4.46. The van der Waals surface area contributed by atoms with Gasteiger partial charge in [0.25, 0.3) is 0 Å². The molecule has 2 heterocycles. The zero-order chi connectivity index (χ0) is 16.8. The summed E-state index contributed by atoms with van der Waals surface area (Å²) in [5.41, 5.74) is 2.64. The first-order valence-electron chi connectivity index (χ1n) is 9.17. The van der Waals surface area contributed by atoms with Crippen molar-refractivity contribution in [3.8, 4) is 0 Å². The van der Waals surface area contributed by atoms with Gasteiger partial charge in [-0.15, -0.1) is 0 Å². The van der Waals surface area contributed by atoms with Crippen molar-refractivity contribution in [2.24, 2.45) is 5.92 Å². The van der Waals surface area contributed by atoms with Crippen LogP contribution in [0.3, 0.4) is 0 Å². The summed E-state index contributed by atoms with van der Waals surface area (Å²) in [4.78, 5) is 0. The zero-order valence-electron chi connectivity index (χ0n) is 14.8. The van der Waals surface area contributed by atoms with E-state index in [0.717, 1.165) is 39.0 Å². The highest BCUT2D eigenvalue weighted by molar-refractivity contribution is 5.15. The number of nitrogens with one attached hydrogen (secondary N) is 1. The van der Waals surface area contributed by atoms with Gasteiger partial charge in [0, 0.05) is 43.4 Å². The molecule has 1 aliphatic rings. The van der Waals surface area contributed by atoms with Crippen molar-refractivity contribution in [3.63, 3.8) is 0 Å². The first-order chi connectivity index (χ1) is 11.8. The average Bonchev–Trinajstić information content (AvgIpc) is 3.27. The lowest BCUT2D eigenvalue weighted by molar-refractivity contribution is 0.0898. The molecule has 130 valence electrons. The van der Waals surface area contributed by atoms with Crippen LogP contribution in [-0.4, -0.2) is 29.0 Å². The van der Waals surface area contributed by atoms with Crippen LogP contribution in [0.15, 0.2) is 42.7 Å². The second kappa shape index (κ2) is 8.45. The topological polar surface area (TPSA) is 39.1 Å². The van der Waals surface area contributed by atoms with Gasteiger partial charge in [0.15, 0.2) is 0 Å². The Bertz CT molecular complexity index is 610. The highest BCUT2D eigenvalue weighted by atomic mass is 16.5. The molecule has 1 aromatic carbocycles. The largest absolute Gasteiger partial charge is 0.373 e. The SMILES string of the molecule is CCn1cc([C@@H]2OCC[C@@H]2CN[C@@H](C)CCc2ccccc2)cn1. The predicted octanol–water partition coefficient (Wildman–Crippen LogP) is 3.59. The molecule has 24 heavy (non-hydrogen) atoms. The highest BCUT2D eigenvalue weighted by Gasteiger charge is 2.30. The number of benzene rings is 1. The van der Waals surface area contributed by atoms with Gasteiger partial charge in [-0.05, 0) is 38.7 Å². The Kier molecular flexibility index (Phi) is 6.05. The van der Waals surface area contributed by atoms with Gasteiger partial charge in [-0.3, -0.25) is 4.68 Å². The lowest BCUT2D eigenvalue weighted by Crippen LogP contribution is -2.32. The van der Waals surface area contributed by atoms with Crippen molar-refractivity contribution >= 4 is 0 Å². The Balaban J connectivity index is 1.46. The van der Waals surface area contributed by atoms with E-state index in [4.69, 9.17) is 4.74 Å². The van der Waals surface area contributed by atoms with Crippen molar-refractivity contribution < 1.29 is 4.74 Å². The monoisotopic (exact) mass is 327 g/mol. The molecular weight excluding hydrogens is 298 g/mol. The number of hydrogen-bond acceptors (Lipinski definition) is 3. The van der Waals surface area contributed by atoms with E-state index in [1.807, 2.05) is 10.9 Å². The lowest BCUT2D eigenvalue weighted by atomic mass is 9.96. The maximum atomic E-state index is 5.98. The van der Waals surface area contributed by atoms with Crippen molar-refractivity contribution in [1.29, 1.82) is 0 Å². The van der Waals surface area contributed by atoms with Crippen LogP contribution in [-0.2, 0) is 17.7 Å². The van der Waals surface area contributed by atoms with Crippen LogP contribution in [0.5, 0.6) is 0 Å². The Morgan fingerprint density at radius 2 is 2.17 bits per heavy atom. The summed E-state index contributed by atoms with van der Waals surface area (Å²) in [7, 11) is 0. The third-order valence-corrected chi connectivity index (χ3v) is 4.96. The Morgan fingerprint density at radius 1 is 1.33 bits per heavy atom.